The molecule has 0 N–H and O–H groups in total. The number of carbonyl (C=O) groups excluding carboxylic acids is 3. The second-order valence-electron chi connectivity index (χ2n) is 7.72. The first-order valence-electron chi connectivity index (χ1n) is 10.6. The molecule has 1 fully saturated rings. The Bertz CT molecular complexity index is 1120. The Morgan fingerprint density at radius 3 is 2.03 bits per heavy atom. The SMILES string of the molecule is C[C@@H](Oc1ccc(C(=O)c2ccc(F)cc2)cc1)C(=O)N1CCN(C(=O)c2ccco2)CC1. The van der Waals surface area contributed by atoms with Gasteiger partial charge in [-0.25, -0.2) is 4.39 Å². The number of nitrogens with zero attached hydrogens (tertiary/aromatic N) is 2. The summed E-state index contributed by atoms with van der Waals surface area (Å²) in [6.07, 6.45) is 0.730. The summed E-state index contributed by atoms with van der Waals surface area (Å²) in [5, 5.41) is 0. The number of hydrogen-bond donors (Lipinski definition) is 0. The molecular weight excluding hydrogens is 427 g/mol. The fourth-order valence-corrected chi connectivity index (χ4v) is 3.65. The summed E-state index contributed by atoms with van der Waals surface area (Å²) in [7, 11) is 0. The fourth-order valence-electron chi connectivity index (χ4n) is 3.65. The first-order chi connectivity index (χ1) is 15.9. The van der Waals surface area contributed by atoms with E-state index in [0.717, 1.165) is 0 Å². The van der Waals surface area contributed by atoms with Gasteiger partial charge >= 0.3 is 0 Å². The number of hydrogen-bond acceptors (Lipinski definition) is 5. The summed E-state index contributed by atoms with van der Waals surface area (Å²) in [6.45, 7) is 3.31. The zero-order chi connectivity index (χ0) is 23.4. The lowest BCUT2D eigenvalue weighted by molar-refractivity contribution is -0.139. The van der Waals surface area contributed by atoms with Crippen molar-refractivity contribution < 1.29 is 27.9 Å². The van der Waals surface area contributed by atoms with E-state index in [4.69, 9.17) is 9.15 Å². The van der Waals surface area contributed by atoms with E-state index in [0.29, 0.717) is 43.1 Å². The molecule has 1 atom stereocenters. The molecule has 2 amide bonds. The monoisotopic (exact) mass is 450 g/mol. The van der Waals surface area contributed by atoms with Crippen molar-refractivity contribution in [1.29, 1.82) is 0 Å². The summed E-state index contributed by atoms with van der Waals surface area (Å²) in [5.74, 6) is -0.253. The molecule has 0 spiro atoms. The first-order valence-corrected chi connectivity index (χ1v) is 10.6. The molecule has 0 radical (unpaired) electrons. The second-order valence-corrected chi connectivity index (χ2v) is 7.72. The smallest absolute Gasteiger partial charge is 0.289 e. The zero-order valence-electron chi connectivity index (χ0n) is 18.1. The van der Waals surface area contributed by atoms with Crippen molar-refractivity contribution in [2.45, 2.75) is 13.0 Å². The Morgan fingerprint density at radius 1 is 0.879 bits per heavy atom. The van der Waals surface area contributed by atoms with Crippen LogP contribution in [0, 0.1) is 5.82 Å². The highest BCUT2D eigenvalue weighted by Gasteiger charge is 2.29. The van der Waals surface area contributed by atoms with E-state index < -0.39 is 11.9 Å². The van der Waals surface area contributed by atoms with E-state index in [2.05, 4.69) is 0 Å². The predicted molar refractivity (Wildman–Crippen MR) is 118 cm³/mol. The third kappa shape index (κ3) is 5.11. The Balaban J connectivity index is 1.30. The van der Waals surface area contributed by atoms with Crippen LogP contribution in [0.25, 0.3) is 0 Å². The summed E-state index contributed by atoms with van der Waals surface area (Å²) < 4.78 is 24.0. The van der Waals surface area contributed by atoms with Crippen molar-refractivity contribution in [3.05, 3.63) is 89.6 Å². The van der Waals surface area contributed by atoms with E-state index in [-0.39, 0.29) is 23.4 Å². The fraction of sp³-hybridized carbons (Fsp3) is 0.240. The van der Waals surface area contributed by atoms with Gasteiger partial charge in [-0.05, 0) is 67.6 Å². The van der Waals surface area contributed by atoms with Crippen LogP contribution in [0.3, 0.4) is 0 Å². The molecule has 0 unspecified atom stereocenters. The van der Waals surface area contributed by atoms with Crippen LogP contribution >= 0.6 is 0 Å². The maximum absolute atomic E-state index is 13.1. The van der Waals surface area contributed by atoms with Gasteiger partial charge in [0, 0.05) is 37.3 Å². The summed E-state index contributed by atoms with van der Waals surface area (Å²) in [6, 6.07) is 15.1. The molecule has 0 bridgehead atoms. The van der Waals surface area contributed by atoms with E-state index in [1.54, 1.807) is 53.1 Å². The average molecular weight is 450 g/mol. The minimum atomic E-state index is -0.726. The molecule has 4 rings (SSSR count). The minimum Gasteiger partial charge on any atom is -0.481 e. The Labute approximate surface area is 190 Å². The number of piperazine rings is 1. The average Bonchev–Trinajstić information content (AvgIpc) is 3.39. The van der Waals surface area contributed by atoms with Crippen molar-refractivity contribution in [1.82, 2.24) is 9.80 Å². The third-order valence-electron chi connectivity index (χ3n) is 5.49. The lowest BCUT2D eigenvalue weighted by atomic mass is 10.0. The van der Waals surface area contributed by atoms with E-state index in [1.165, 1.54) is 30.5 Å². The molecule has 2 aromatic carbocycles. The van der Waals surface area contributed by atoms with Crippen LogP contribution < -0.4 is 4.74 Å². The van der Waals surface area contributed by atoms with Crippen LogP contribution in [0.15, 0.2) is 71.3 Å². The van der Waals surface area contributed by atoms with Crippen LogP contribution in [-0.4, -0.2) is 59.7 Å². The highest BCUT2D eigenvalue weighted by molar-refractivity contribution is 6.09. The van der Waals surface area contributed by atoms with E-state index in [9.17, 15) is 18.8 Å². The second kappa shape index (κ2) is 9.68. The van der Waals surface area contributed by atoms with Crippen molar-refractivity contribution in [2.24, 2.45) is 0 Å². The lowest BCUT2D eigenvalue weighted by Crippen LogP contribution is -2.53. The van der Waals surface area contributed by atoms with Crippen LogP contribution in [0.1, 0.15) is 33.4 Å². The van der Waals surface area contributed by atoms with Crippen LogP contribution in [0.4, 0.5) is 4.39 Å². The van der Waals surface area contributed by atoms with Crippen molar-refractivity contribution >= 4 is 17.6 Å². The largest absolute Gasteiger partial charge is 0.481 e. The predicted octanol–water partition coefficient (Wildman–Crippen LogP) is 3.40. The number of ketones is 1. The highest BCUT2D eigenvalue weighted by Crippen LogP contribution is 2.18. The third-order valence-corrected chi connectivity index (χ3v) is 5.49. The van der Waals surface area contributed by atoms with E-state index >= 15 is 0 Å². The molecule has 1 saturated heterocycles. The molecule has 1 aromatic heterocycles. The molecule has 1 aliphatic heterocycles. The van der Waals surface area contributed by atoms with Gasteiger partial charge in [-0.1, -0.05) is 0 Å². The van der Waals surface area contributed by atoms with Crippen molar-refractivity contribution in [3.8, 4) is 5.75 Å². The van der Waals surface area contributed by atoms with Crippen LogP contribution in [0.5, 0.6) is 5.75 Å². The Kier molecular flexibility index (Phi) is 6.53. The summed E-state index contributed by atoms with van der Waals surface area (Å²) >= 11 is 0. The number of halogens is 1. The maximum atomic E-state index is 13.1. The van der Waals surface area contributed by atoms with Crippen LogP contribution in [-0.2, 0) is 4.79 Å². The molecule has 3 aromatic rings. The normalized spacial score (nSPS) is 14.6. The molecule has 8 heteroatoms. The van der Waals surface area contributed by atoms with Gasteiger partial charge < -0.3 is 19.0 Å². The molecule has 0 saturated carbocycles. The lowest BCUT2D eigenvalue weighted by Gasteiger charge is -2.35. The Hall–Kier alpha value is -3.94. The van der Waals surface area contributed by atoms with Gasteiger partial charge in [-0.15, -0.1) is 0 Å². The van der Waals surface area contributed by atoms with E-state index in [1.807, 2.05) is 0 Å². The molecule has 1 aliphatic rings. The quantitative estimate of drug-likeness (QED) is 0.538. The van der Waals surface area contributed by atoms with Gasteiger partial charge in [-0.3, -0.25) is 14.4 Å². The highest BCUT2D eigenvalue weighted by atomic mass is 19.1. The number of amides is 2. The van der Waals surface area contributed by atoms with Crippen molar-refractivity contribution in [3.63, 3.8) is 0 Å². The number of benzene rings is 2. The number of ether oxygens (including phenoxy) is 1. The number of furan rings is 1. The molecule has 33 heavy (non-hydrogen) atoms. The molecule has 170 valence electrons. The Morgan fingerprint density at radius 2 is 1.45 bits per heavy atom. The zero-order valence-corrected chi connectivity index (χ0v) is 18.1. The van der Waals surface area contributed by atoms with Gasteiger partial charge in [0.15, 0.2) is 17.6 Å². The van der Waals surface area contributed by atoms with Gasteiger partial charge in [0.05, 0.1) is 6.26 Å². The number of rotatable bonds is 6. The van der Waals surface area contributed by atoms with Gasteiger partial charge in [0.25, 0.3) is 11.8 Å². The molecule has 7 nitrogen and oxygen atoms in total. The maximum Gasteiger partial charge on any atom is 0.289 e. The topological polar surface area (TPSA) is 80.1 Å². The van der Waals surface area contributed by atoms with Gasteiger partial charge in [0.1, 0.15) is 11.6 Å². The standard InChI is InChI=1S/C25H23FN2O5/c1-17(24(30)27-12-14-28(15-13-27)25(31)22-3-2-16-32-22)33-21-10-6-19(7-11-21)23(29)18-4-8-20(26)9-5-18/h2-11,16-17H,12-15H2,1H3/t17-/m1/s1. The molecule has 2 heterocycles. The van der Waals surface area contributed by atoms with Crippen molar-refractivity contribution in [2.75, 3.05) is 26.2 Å². The van der Waals surface area contributed by atoms with Crippen LogP contribution in [0.2, 0.25) is 0 Å². The summed E-state index contributed by atoms with van der Waals surface area (Å²) in [4.78, 5) is 41.0. The molecule has 0 aliphatic carbocycles. The minimum absolute atomic E-state index is 0.174. The summed E-state index contributed by atoms with van der Waals surface area (Å²) in [5.41, 5.74) is 0.823. The molecular formula is C25H23FN2O5. The van der Waals surface area contributed by atoms with Gasteiger partial charge in [-0.2, -0.15) is 0 Å². The number of carbonyl (C=O) groups is 3. The first kappa shape index (κ1) is 22.3. The van der Waals surface area contributed by atoms with Gasteiger partial charge in [0.2, 0.25) is 0 Å².